The Morgan fingerprint density at radius 2 is 2.24 bits per heavy atom. The maximum absolute atomic E-state index is 6.18. The molecule has 1 unspecified atom stereocenters. The first kappa shape index (κ1) is 12.7. The van der Waals surface area contributed by atoms with E-state index in [1.807, 2.05) is 0 Å². The van der Waals surface area contributed by atoms with Crippen LogP contribution in [0.1, 0.15) is 19.8 Å². The summed E-state index contributed by atoms with van der Waals surface area (Å²) in [4.78, 5) is 6.56. The first-order valence-electron chi connectivity index (χ1n) is 5.69. The number of piperidine rings is 1. The monoisotopic (exact) mass is 274 g/mol. The second kappa shape index (κ2) is 5.29. The van der Waals surface area contributed by atoms with Crippen LogP contribution in [0.3, 0.4) is 0 Å². The highest BCUT2D eigenvalue weighted by molar-refractivity contribution is 6.37. The van der Waals surface area contributed by atoms with Gasteiger partial charge in [-0.2, -0.15) is 0 Å². The second-order valence-corrected chi connectivity index (χ2v) is 5.28. The Balaban J connectivity index is 2.30. The van der Waals surface area contributed by atoms with E-state index in [9.17, 15) is 0 Å². The zero-order valence-corrected chi connectivity index (χ0v) is 11.2. The molecule has 1 fully saturated rings. The number of aromatic nitrogens is 1. The third-order valence-electron chi connectivity index (χ3n) is 3.00. The Hall–Kier alpha value is -0.710. The summed E-state index contributed by atoms with van der Waals surface area (Å²) in [6, 6.07) is 1.68. The van der Waals surface area contributed by atoms with Gasteiger partial charge in [0, 0.05) is 13.1 Å². The number of pyridine rings is 1. The van der Waals surface area contributed by atoms with Crippen LogP contribution in [0, 0.1) is 5.92 Å². The van der Waals surface area contributed by atoms with Crippen LogP contribution in [-0.4, -0.2) is 18.1 Å². The van der Waals surface area contributed by atoms with Gasteiger partial charge in [0.15, 0.2) is 5.82 Å². The van der Waals surface area contributed by atoms with E-state index in [-0.39, 0.29) is 0 Å². The number of nitrogens with one attached hydrogen (secondary N) is 1. The lowest BCUT2D eigenvalue weighted by Gasteiger charge is -2.32. The minimum atomic E-state index is 0.436. The summed E-state index contributed by atoms with van der Waals surface area (Å²) in [5, 5.41) is 1.01. The van der Waals surface area contributed by atoms with Crippen molar-refractivity contribution in [3.05, 3.63) is 16.1 Å². The number of hydrazine groups is 1. The molecule has 0 spiro atoms. The van der Waals surface area contributed by atoms with E-state index in [1.54, 1.807) is 6.07 Å². The standard InChI is InChI=1S/C11H16Cl2N4/c1-7-3-2-4-17(6-7)11-9(13)5-8(12)10(15-11)16-14/h5,7H,2-4,6,14H2,1H3,(H,15,16). The van der Waals surface area contributed by atoms with Crippen LogP contribution in [0.4, 0.5) is 11.6 Å². The number of nitrogens with zero attached hydrogens (tertiary/aromatic N) is 2. The van der Waals surface area contributed by atoms with Crippen molar-refractivity contribution in [2.75, 3.05) is 23.4 Å². The lowest BCUT2D eigenvalue weighted by Crippen LogP contribution is -2.35. The Morgan fingerprint density at radius 3 is 2.88 bits per heavy atom. The van der Waals surface area contributed by atoms with Crippen molar-refractivity contribution >= 4 is 34.8 Å². The highest BCUT2D eigenvalue weighted by Crippen LogP contribution is 2.33. The number of nitrogens with two attached hydrogens (primary N) is 1. The van der Waals surface area contributed by atoms with Crippen molar-refractivity contribution in [3.8, 4) is 0 Å². The van der Waals surface area contributed by atoms with E-state index in [4.69, 9.17) is 29.0 Å². The molecule has 0 bridgehead atoms. The Labute approximate surface area is 111 Å². The number of nitrogen functional groups attached to an aromatic ring is 1. The molecule has 1 aliphatic rings. The third-order valence-corrected chi connectivity index (χ3v) is 3.57. The molecule has 94 valence electrons. The van der Waals surface area contributed by atoms with Crippen LogP contribution in [0.2, 0.25) is 10.0 Å². The van der Waals surface area contributed by atoms with E-state index in [1.165, 1.54) is 6.42 Å². The number of anilines is 2. The normalized spacial score (nSPS) is 20.5. The van der Waals surface area contributed by atoms with Gasteiger partial charge in [0.2, 0.25) is 0 Å². The summed E-state index contributed by atoms with van der Waals surface area (Å²) in [7, 11) is 0. The number of hydrogen-bond acceptors (Lipinski definition) is 4. The first-order valence-corrected chi connectivity index (χ1v) is 6.45. The van der Waals surface area contributed by atoms with Gasteiger partial charge >= 0.3 is 0 Å². The van der Waals surface area contributed by atoms with Gasteiger partial charge in [0.05, 0.1) is 10.0 Å². The molecule has 4 nitrogen and oxygen atoms in total. The van der Waals surface area contributed by atoms with E-state index in [0.717, 1.165) is 25.3 Å². The molecule has 1 aromatic rings. The van der Waals surface area contributed by atoms with Gasteiger partial charge in [-0.1, -0.05) is 30.1 Å². The number of rotatable bonds is 2. The molecule has 0 saturated carbocycles. The molecule has 1 atom stereocenters. The predicted molar refractivity (Wildman–Crippen MR) is 72.7 cm³/mol. The van der Waals surface area contributed by atoms with Crippen LogP contribution >= 0.6 is 23.2 Å². The first-order chi connectivity index (χ1) is 8.11. The topological polar surface area (TPSA) is 54.2 Å². The van der Waals surface area contributed by atoms with Crippen LogP contribution in [0.15, 0.2) is 6.07 Å². The van der Waals surface area contributed by atoms with Crippen molar-refractivity contribution in [3.63, 3.8) is 0 Å². The van der Waals surface area contributed by atoms with Crippen LogP contribution in [-0.2, 0) is 0 Å². The fourth-order valence-electron chi connectivity index (χ4n) is 2.16. The molecule has 1 aromatic heterocycles. The van der Waals surface area contributed by atoms with E-state index in [2.05, 4.69) is 22.2 Å². The Kier molecular flexibility index (Phi) is 3.97. The van der Waals surface area contributed by atoms with Crippen molar-refractivity contribution < 1.29 is 0 Å². The molecular weight excluding hydrogens is 259 g/mol. The average Bonchev–Trinajstić information content (AvgIpc) is 2.29. The predicted octanol–water partition coefficient (Wildman–Crippen LogP) is 2.91. The highest BCUT2D eigenvalue weighted by Gasteiger charge is 2.21. The molecule has 6 heteroatoms. The van der Waals surface area contributed by atoms with E-state index < -0.39 is 0 Å². The largest absolute Gasteiger partial charge is 0.355 e. The van der Waals surface area contributed by atoms with Gasteiger partial charge in [-0.25, -0.2) is 10.8 Å². The number of hydrogen-bond donors (Lipinski definition) is 2. The fourth-order valence-corrected chi connectivity index (χ4v) is 2.69. The van der Waals surface area contributed by atoms with Crippen molar-refractivity contribution in [1.82, 2.24) is 4.98 Å². The minimum absolute atomic E-state index is 0.436. The summed E-state index contributed by atoms with van der Waals surface area (Å²) in [6.07, 6.45) is 2.41. The van der Waals surface area contributed by atoms with Crippen molar-refractivity contribution in [2.45, 2.75) is 19.8 Å². The van der Waals surface area contributed by atoms with Gasteiger partial charge in [-0.05, 0) is 24.8 Å². The highest BCUT2D eigenvalue weighted by atomic mass is 35.5. The molecule has 0 amide bonds. The lowest BCUT2D eigenvalue weighted by molar-refractivity contribution is 0.444. The SMILES string of the molecule is CC1CCCN(c2nc(NN)c(Cl)cc2Cl)C1. The second-order valence-electron chi connectivity index (χ2n) is 4.46. The Morgan fingerprint density at radius 1 is 1.47 bits per heavy atom. The quantitative estimate of drug-likeness (QED) is 0.643. The molecule has 17 heavy (non-hydrogen) atoms. The maximum atomic E-state index is 6.18. The number of halogens is 2. The van der Waals surface area contributed by atoms with Crippen molar-refractivity contribution in [2.24, 2.45) is 11.8 Å². The third kappa shape index (κ3) is 2.76. The van der Waals surface area contributed by atoms with E-state index in [0.29, 0.717) is 21.8 Å². The molecule has 0 radical (unpaired) electrons. The molecule has 0 aromatic carbocycles. The van der Waals surface area contributed by atoms with Crippen LogP contribution in [0.5, 0.6) is 0 Å². The lowest BCUT2D eigenvalue weighted by atomic mass is 10.0. The summed E-state index contributed by atoms with van der Waals surface area (Å²) in [5.41, 5.74) is 2.48. The smallest absolute Gasteiger partial charge is 0.161 e. The zero-order chi connectivity index (χ0) is 12.4. The average molecular weight is 275 g/mol. The molecular formula is C11H16Cl2N4. The van der Waals surface area contributed by atoms with Gasteiger partial charge in [-0.3, -0.25) is 0 Å². The van der Waals surface area contributed by atoms with E-state index >= 15 is 0 Å². The molecule has 0 aliphatic carbocycles. The Bertz CT molecular complexity index is 411. The van der Waals surface area contributed by atoms with Crippen molar-refractivity contribution in [1.29, 1.82) is 0 Å². The zero-order valence-electron chi connectivity index (χ0n) is 9.71. The van der Waals surface area contributed by atoms with Gasteiger partial charge < -0.3 is 10.3 Å². The van der Waals surface area contributed by atoms with Gasteiger partial charge in [-0.15, -0.1) is 0 Å². The summed E-state index contributed by atoms with van der Waals surface area (Å²) < 4.78 is 0. The van der Waals surface area contributed by atoms with Gasteiger partial charge in [0.1, 0.15) is 5.82 Å². The minimum Gasteiger partial charge on any atom is -0.355 e. The summed E-state index contributed by atoms with van der Waals surface area (Å²) in [5.74, 6) is 7.25. The molecule has 1 saturated heterocycles. The van der Waals surface area contributed by atoms with Gasteiger partial charge in [0.25, 0.3) is 0 Å². The van der Waals surface area contributed by atoms with Crippen LogP contribution in [0.25, 0.3) is 0 Å². The molecule has 2 heterocycles. The van der Waals surface area contributed by atoms with Crippen LogP contribution < -0.4 is 16.2 Å². The summed E-state index contributed by atoms with van der Waals surface area (Å²) in [6.45, 7) is 4.18. The maximum Gasteiger partial charge on any atom is 0.161 e. The fraction of sp³-hybridized carbons (Fsp3) is 0.545. The molecule has 3 N–H and O–H groups in total. The summed E-state index contributed by atoms with van der Waals surface area (Å²) >= 11 is 12.1. The molecule has 1 aliphatic heterocycles. The molecule has 2 rings (SSSR count).